The van der Waals surface area contributed by atoms with Gasteiger partial charge in [-0.15, -0.1) is 0 Å². The fourth-order valence-corrected chi connectivity index (χ4v) is 2.08. The molecule has 0 saturated carbocycles. The molecule has 110 valence electrons. The molecule has 0 radical (unpaired) electrons. The molecule has 4 nitrogen and oxygen atoms in total. The van der Waals surface area contributed by atoms with Crippen molar-refractivity contribution < 1.29 is 14.6 Å². The highest BCUT2D eigenvalue weighted by Gasteiger charge is 2.24. The van der Waals surface area contributed by atoms with Gasteiger partial charge in [-0.25, -0.2) is 0 Å². The smallest absolute Gasteiger partial charge is 0.250 e. The third kappa shape index (κ3) is 5.64. The van der Waals surface area contributed by atoms with E-state index < -0.39 is 5.60 Å². The number of carbonyl (C=O) groups is 1. The third-order valence-electron chi connectivity index (χ3n) is 3.48. The molecule has 1 heterocycles. The topological polar surface area (TPSA) is 58.6 Å². The van der Waals surface area contributed by atoms with E-state index in [4.69, 9.17) is 4.74 Å². The Morgan fingerprint density at radius 2 is 2.21 bits per heavy atom. The predicted molar refractivity (Wildman–Crippen MR) is 75.6 cm³/mol. The van der Waals surface area contributed by atoms with E-state index in [1.165, 1.54) is 0 Å². The molecule has 0 aromatic heterocycles. The minimum absolute atomic E-state index is 0.109. The van der Waals surface area contributed by atoms with E-state index in [0.29, 0.717) is 30.3 Å². The second-order valence-electron chi connectivity index (χ2n) is 6.10. The van der Waals surface area contributed by atoms with Crippen LogP contribution in [0.5, 0.6) is 0 Å². The van der Waals surface area contributed by atoms with E-state index >= 15 is 0 Å². The quantitative estimate of drug-likeness (QED) is 0.778. The summed E-state index contributed by atoms with van der Waals surface area (Å²) in [5.74, 6) is 1.16. The summed E-state index contributed by atoms with van der Waals surface area (Å²) in [6, 6.07) is 0. The zero-order chi connectivity index (χ0) is 14.5. The van der Waals surface area contributed by atoms with E-state index in [9.17, 15) is 9.90 Å². The van der Waals surface area contributed by atoms with Gasteiger partial charge in [-0.2, -0.15) is 0 Å². The van der Waals surface area contributed by atoms with Crippen molar-refractivity contribution in [1.82, 2.24) is 5.32 Å². The van der Waals surface area contributed by atoms with Crippen molar-refractivity contribution in [3.8, 4) is 0 Å². The molecule has 1 amide bonds. The van der Waals surface area contributed by atoms with Gasteiger partial charge in [0.25, 0.3) is 5.91 Å². The number of nitrogens with one attached hydrogen (secondary N) is 1. The molecule has 0 aliphatic carbocycles. The Balaban J connectivity index is 2.45. The van der Waals surface area contributed by atoms with Gasteiger partial charge in [0, 0.05) is 6.54 Å². The zero-order valence-corrected chi connectivity index (χ0v) is 12.6. The lowest BCUT2D eigenvalue weighted by Gasteiger charge is -2.25. The minimum atomic E-state index is -0.843. The average molecular weight is 269 g/mol. The standard InChI is InChI=1S/C15H27NO3/c1-11(2)7-8-15(4,18)10-16-14(17)13-6-5-9-19-12(13)3/h11,18H,5-10H2,1-4H3,(H,16,17). The van der Waals surface area contributed by atoms with Gasteiger partial charge < -0.3 is 15.2 Å². The van der Waals surface area contributed by atoms with Crippen LogP contribution in [0.2, 0.25) is 0 Å². The highest BCUT2D eigenvalue weighted by Crippen LogP contribution is 2.19. The van der Waals surface area contributed by atoms with Crippen molar-refractivity contribution in [2.75, 3.05) is 13.2 Å². The number of allylic oxidation sites excluding steroid dienone is 1. The summed E-state index contributed by atoms with van der Waals surface area (Å²) in [6.45, 7) is 8.83. The summed E-state index contributed by atoms with van der Waals surface area (Å²) in [4.78, 5) is 12.0. The number of hydrogen-bond acceptors (Lipinski definition) is 3. The van der Waals surface area contributed by atoms with Gasteiger partial charge in [0.05, 0.1) is 17.8 Å². The van der Waals surface area contributed by atoms with Crippen LogP contribution in [-0.4, -0.2) is 29.8 Å². The first-order chi connectivity index (χ1) is 8.82. The Bertz CT molecular complexity index is 345. The van der Waals surface area contributed by atoms with Crippen molar-refractivity contribution in [2.24, 2.45) is 5.92 Å². The van der Waals surface area contributed by atoms with Crippen molar-refractivity contribution in [3.63, 3.8) is 0 Å². The van der Waals surface area contributed by atoms with Gasteiger partial charge in [-0.3, -0.25) is 4.79 Å². The van der Waals surface area contributed by atoms with Crippen molar-refractivity contribution in [2.45, 2.75) is 59.0 Å². The Morgan fingerprint density at radius 1 is 1.53 bits per heavy atom. The van der Waals surface area contributed by atoms with Crippen LogP contribution in [0.25, 0.3) is 0 Å². The summed E-state index contributed by atoms with van der Waals surface area (Å²) >= 11 is 0. The van der Waals surface area contributed by atoms with E-state index in [-0.39, 0.29) is 12.5 Å². The molecule has 19 heavy (non-hydrogen) atoms. The molecule has 4 heteroatoms. The number of aliphatic hydroxyl groups is 1. The van der Waals surface area contributed by atoms with E-state index in [1.54, 1.807) is 6.92 Å². The maximum absolute atomic E-state index is 12.0. The molecule has 0 bridgehead atoms. The van der Waals surface area contributed by atoms with Gasteiger partial charge in [-0.1, -0.05) is 13.8 Å². The molecule has 1 unspecified atom stereocenters. The van der Waals surface area contributed by atoms with Crippen LogP contribution in [-0.2, 0) is 9.53 Å². The molecule has 0 saturated heterocycles. The van der Waals surface area contributed by atoms with Crippen LogP contribution in [0.15, 0.2) is 11.3 Å². The first-order valence-electron chi connectivity index (χ1n) is 7.15. The summed E-state index contributed by atoms with van der Waals surface area (Å²) in [5, 5.41) is 13.0. The molecule has 0 fully saturated rings. The predicted octanol–water partition coefficient (Wildman–Crippen LogP) is 2.37. The number of amides is 1. The SMILES string of the molecule is CC1=C(C(=O)NCC(C)(O)CCC(C)C)CCCO1. The molecule has 2 N–H and O–H groups in total. The largest absolute Gasteiger partial charge is 0.498 e. The Morgan fingerprint density at radius 3 is 2.79 bits per heavy atom. The van der Waals surface area contributed by atoms with E-state index in [0.717, 1.165) is 19.3 Å². The summed E-state index contributed by atoms with van der Waals surface area (Å²) < 4.78 is 5.38. The Kier molecular flexibility index (Phi) is 5.85. The minimum Gasteiger partial charge on any atom is -0.498 e. The monoisotopic (exact) mass is 269 g/mol. The van der Waals surface area contributed by atoms with Gasteiger partial charge in [-0.05, 0) is 45.4 Å². The maximum atomic E-state index is 12.0. The van der Waals surface area contributed by atoms with E-state index in [2.05, 4.69) is 19.2 Å². The van der Waals surface area contributed by atoms with E-state index in [1.807, 2.05) is 6.92 Å². The molecule has 1 atom stereocenters. The molecule has 1 aliphatic heterocycles. The second kappa shape index (κ2) is 6.94. The first kappa shape index (κ1) is 16.0. The zero-order valence-electron chi connectivity index (χ0n) is 12.6. The maximum Gasteiger partial charge on any atom is 0.250 e. The Labute approximate surface area is 116 Å². The molecular formula is C15H27NO3. The van der Waals surface area contributed by atoms with Crippen molar-refractivity contribution in [3.05, 3.63) is 11.3 Å². The average Bonchev–Trinajstić information content (AvgIpc) is 2.34. The van der Waals surface area contributed by atoms with Crippen molar-refractivity contribution in [1.29, 1.82) is 0 Å². The number of carbonyl (C=O) groups excluding carboxylic acids is 1. The molecule has 1 aliphatic rings. The number of ether oxygens (including phenoxy) is 1. The molecule has 0 aromatic rings. The number of hydrogen-bond donors (Lipinski definition) is 2. The van der Waals surface area contributed by atoms with Gasteiger partial charge in [0.2, 0.25) is 0 Å². The van der Waals surface area contributed by atoms with Gasteiger partial charge in [0.15, 0.2) is 0 Å². The van der Waals surface area contributed by atoms with Gasteiger partial charge in [0.1, 0.15) is 5.76 Å². The highest BCUT2D eigenvalue weighted by atomic mass is 16.5. The van der Waals surface area contributed by atoms with Crippen LogP contribution in [0, 0.1) is 5.92 Å². The second-order valence-corrected chi connectivity index (χ2v) is 6.10. The Hall–Kier alpha value is -1.03. The molecular weight excluding hydrogens is 242 g/mol. The highest BCUT2D eigenvalue weighted by molar-refractivity contribution is 5.93. The summed E-state index contributed by atoms with van der Waals surface area (Å²) in [5.41, 5.74) is -0.130. The van der Waals surface area contributed by atoms with Crippen LogP contribution in [0.4, 0.5) is 0 Å². The van der Waals surface area contributed by atoms with Crippen LogP contribution < -0.4 is 5.32 Å². The normalized spacial score (nSPS) is 19.1. The first-order valence-corrected chi connectivity index (χ1v) is 7.15. The van der Waals surface area contributed by atoms with Gasteiger partial charge >= 0.3 is 0 Å². The molecule has 1 rings (SSSR count). The van der Waals surface area contributed by atoms with Crippen LogP contribution >= 0.6 is 0 Å². The number of rotatable bonds is 6. The summed E-state index contributed by atoms with van der Waals surface area (Å²) in [7, 11) is 0. The van der Waals surface area contributed by atoms with Crippen LogP contribution in [0.3, 0.4) is 0 Å². The summed E-state index contributed by atoms with van der Waals surface area (Å²) in [6.07, 6.45) is 3.28. The molecule has 0 spiro atoms. The van der Waals surface area contributed by atoms with Crippen molar-refractivity contribution >= 4 is 5.91 Å². The lowest BCUT2D eigenvalue weighted by Crippen LogP contribution is -2.41. The van der Waals surface area contributed by atoms with Crippen LogP contribution in [0.1, 0.15) is 53.4 Å². The fourth-order valence-electron chi connectivity index (χ4n) is 2.08. The lowest BCUT2D eigenvalue weighted by molar-refractivity contribution is -0.119. The molecule has 0 aromatic carbocycles. The fraction of sp³-hybridized carbons (Fsp3) is 0.800. The lowest BCUT2D eigenvalue weighted by atomic mass is 9.95. The third-order valence-corrected chi connectivity index (χ3v) is 3.48.